The summed E-state index contributed by atoms with van der Waals surface area (Å²) in [5.74, 6) is 0. The first kappa shape index (κ1) is 8.48. The fourth-order valence-electron chi connectivity index (χ4n) is 0.604. The van der Waals surface area contributed by atoms with E-state index in [4.69, 9.17) is 0 Å². The Labute approximate surface area is 64.3 Å². The van der Waals surface area contributed by atoms with Crippen molar-refractivity contribution in [2.24, 2.45) is 0 Å². The molecule has 0 atom stereocenters. The highest BCUT2D eigenvalue weighted by Gasteiger charge is 2.35. The molecule has 1 heterocycles. The molecule has 6 heteroatoms. The maximum absolute atomic E-state index is 11.9. The maximum Gasteiger partial charge on any atom is 0.434 e. The van der Waals surface area contributed by atoms with E-state index in [0.717, 1.165) is 16.8 Å². The summed E-state index contributed by atoms with van der Waals surface area (Å²) in [6, 6.07) is 0. The van der Waals surface area contributed by atoms with Crippen LogP contribution in [0.2, 0.25) is 0 Å². The number of hydrogen-bond donors (Lipinski definition) is 0. The Balaban J connectivity index is 3.02. The van der Waals surface area contributed by atoms with Crippen molar-refractivity contribution in [3.63, 3.8) is 0 Å². The molecule has 0 aliphatic heterocycles. The Bertz CT molecular complexity index is 244. The van der Waals surface area contributed by atoms with Gasteiger partial charge in [-0.3, -0.25) is 0 Å². The van der Waals surface area contributed by atoms with E-state index in [1.807, 2.05) is 0 Å². The minimum absolute atomic E-state index is 0.252. The first-order valence-electron chi connectivity index (χ1n) is 2.63. The largest absolute Gasteiger partial charge is 0.434 e. The highest BCUT2D eigenvalue weighted by molar-refractivity contribution is 7.09. The van der Waals surface area contributed by atoms with Gasteiger partial charge in [0.2, 0.25) is 0 Å². The van der Waals surface area contributed by atoms with Gasteiger partial charge in [0.15, 0.2) is 5.69 Å². The summed E-state index contributed by atoms with van der Waals surface area (Å²) in [4.78, 5) is 2.80. The topological polar surface area (TPSA) is 32.8 Å². The number of thiazole rings is 1. The van der Waals surface area contributed by atoms with Gasteiger partial charge in [-0.25, -0.2) is 10.1 Å². The zero-order valence-corrected chi connectivity index (χ0v) is 6.00. The summed E-state index contributed by atoms with van der Waals surface area (Å²) in [6.45, 7) is -0.862. The Morgan fingerprint density at radius 1 is 1.55 bits per heavy atom. The summed E-state index contributed by atoms with van der Waals surface area (Å²) in [5, 5.41) is 10.1. The van der Waals surface area contributed by atoms with Crippen LogP contribution in [-0.4, -0.2) is 4.98 Å². The van der Waals surface area contributed by atoms with Crippen LogP contribution in [0.3, 0.4) is 0 Å². The van der Waals surface area contributed by atoms with E-state index in [1.165, 1.54) is 0 Å². The molecule has 0 bridgehead atoms. The lowest BCUT2D eigenvalue weighted by atomic mass is 10.4. The van der Waals surface area contributed by atoms with E-state index in [2.05, 4.69) is 4.98 Å². The second-order valence-corrected chi connectivity index (χ2v) is 2.71. The minimum Gasteiger partial charge on any atom is -0.240 e. The van der Waals surface area contributed by atoms with Gasteiger partial charge in [0.1, 0.15) is 6.61 Å². The SMILES string of the molecule is [O]Cc1scnc1C(F)(F)F. The van der Waals surface area contributed by atoms with Crippen LogP contribution in [0.15, 0.2) is 5.51 Å². The number of halogens is 3. The highest BCUT2D eigenvalue weighted by Crippen LogP contribution is 2.32. The maximum atomic E-state index is 11.9. The zero-order chi connectivity index (χ0) is 8.48. The van der Waals surface area contributed by atoms with Gasteiger partial charge in [-0.1, -0.05) is 0 Å². The standard InChI is InChI=1S/C5H3F3NOS/c6-5(7,8)4-3(1-10)11-2-9-4/h2H,1H2. The second kappa shape index (κ2) is 2.78. The summed E-state index contributed by atoms with van der Waals surface area (Å²) in [6.07, 6.45) is -4.49. The summed E-state index contributed by atoms with van der Waals surface area (Å²) in [7, 11) is 0. The van der Waals surface area contributed by atoms with Crippen molar-refractivity contribution in [3.05, 3.63) is 16.1 Å². The van der Waals surface area contributed by atoms with Crippen LogP contribution in [0.25, 0.3) is 0 Å². The zero-order valence-electron chi connectivity index (χ0n) is 5.18. The Morgan fingerprint density at radius 3 is 2.55 bits per heavy atom. The normalized spacial score (nSPS) is 12.0. The molecule has 0 aliphatic carbocycles. The quantitative estimate of drug-likeness (QED) is 0.654. The van der Waals surface area contributed by atoms with Crippen molar-refractivity contribution < 1.29 is 18.3 Å². The van der Waals surface area contributed by atoms with Crippen LogP contribution in [0.1, 0.15) is 10.6 Å². The second-order valence-electron chi connectivity index (χ2n) is 1.77. The Kier molecular flexibility index (Phi) is 2.15. The molecule has 0 amide bonds. The average molecular weight is 182 g/mol. The first-order chi connectivity index (χ1) is 5.05. The number of alkyl halides is 3. The third kappa shape index (κ3) is 1.69. The van der Waals surface area contributed by atoms with Crippen LogP contribution in [-0.2, 0) is 17.9 Å². The molecule has 0 saturated heterocycles. The van der Waals surface area contributed by atoms with Gasteiger partial charge in [0.05, 0.1) is 10.4 Å². The molecule has 0 spiro atoms. The molecular weight excluding hydrogens is 179 g/mol. The molecule has 0 aromatic carbocycles. The third-order valence-corrected chi connectivity index (χ3v) is 1.85. The molecule has 11 heavy (non-hydrogen) atoms. The van der Waals surface area contributed by atoms with Crippen LogP contribution < -0.4 is 0 Å². The molecule has 0 unspecified atom stereocenters. The average Bonchev–Trinajstić information content (AvgIpc) is 2.31. The van der Waals surface area contributed by atoms with E-state index >= 15 is 0 Å². The van der Waals surface area contributed by atoms with Crippen molar-refractivity contribution in [3.8, 4) is 0 Å². The van der Waals surface area contributed by atoms with E-state index in [-0.39, 0.29) is 4.88 Å². The fraction of sp³-hybridized carbons (Fsp3) is 0.400. The third-order valence-electron chi connectivity index (χ3n) is 1.04. The summed E-state index contributed by atoms with van der Waals surface area (Å²) >= 11 is 0.733. The van der Waals surface area contributed by atoms with E-state index in [0.29, 0.717) is 0 Å². The number of hydrogen-bond acceptors (Lipinski definition) is 2. The van der Waals surface area contributed by atoms with Crippen molar-refractivity contribution in [1.29, 1.82) is 0 Å². The van der Waals surface area contributed by atoms with E-state index < -0.39 is 18.5 Å². The molecule has 0 aliphatic rings. The molecule has 0 saturated carbocycles. The van der Waals surface area contributed by atoms with Crippen LogP contribution in [0.4, 0.5) is 13.2 Å². The van der Waals surface area contributed by atoms with Crippen molar-refractivity contribution in [2.45, 2.75) is 12.8 Å². The fourth-order valence-corrected chi connectivity index (χ4v) is 1.24. The van der Waals surface area contributed by atoms with Gasteiger partial charge in [0.25, 0.3) is 0 Å². The first-order valence-corrected chi connectivity index (χ1v) is 3.51. The molecule has 1 radical (unpaired) electrons. The molecule has 1 rings (SSSR count). The Hall–Kier alpha value is -0.620. The van der Waals surface area contributed by atoms with Crippen LogP contribution >= 0.6 is 11.3 Å². The number of nitrogens with zero attached hydrogens (tertiary/aromatic N) is 1. The number of rotatable bonds is 1. The lowest BCUT2D eigenvalue weighted by Crippen LogP contribution is -2.07. The Morgan fingerprint density at radius 2 is 2.18 bits per heavy atom. The van der Waals surface area contributed by atoms with Gasteiger partial charge in [-0.2, -0.15) is 13.2 Å². The van der Waals surface area contributed by atoms with Gasteiger partial charge in [0, 0.05) is 0 Å². The van der Waals surface area contributed by atoms with Crippen molar-refractivity contribution in [2.75, 3.05) is 0 Å². The lowest BCUT2D eigenvalue weighted by Gasteiger charge is -2.02. The highest BCUT2D eigenvalue weighted by atomic mass is 32.1. The molecule has 2 nitrogen and oxygen atoms in total. The minimum atomic E-state index is -4.49. The van der Waals surface area contributed by atoms with Gasteiger partial charge in [-0.05, 0) is 0 Å². The van der Waals surface area contributed by atoms with Gasteiger partial charge >= 0.3 is 6.18 Å². The predicted octanol–water partition coefficient (Wildman–Crippen LogP) is 2.09. The molecule has 0 N–H and O–H groups in total. The molecule has 61 valence electrons. The lowest BCUT2D eigenvalue weighted by molar-refractivity contribution is -0.142. The smallest absolute Gasteiger partial charge is 0.240 e. The van der Waals surface area contributed by atoms with E-state index in [9.17, 15) is 18.3 Å². The predicted molar refractivity (Wildman–Crippen MR) is 31.5 cm³/mol. The molecule has 1 aromatic rings. The molecule has 1 aromatic heterocycles. The summed E-state index contributed by atoms with van der Waals surface area (Å²) < 4.78 is 35.6. The van der Waals surface area contributed by atoms with Crippen LogP contribution in [0, 0.1) is 0 Å². The number of aromatic nitrogens is 1. The molecule has 0 fully saturated rings. The monoisotopic (exact) mass is 182 g/mol. The summed E-state index contributed by atoms with van der Waals surface area (Å²) in [5.41, 5.74) is -0.0201. The van der Waals surface area contributed by atoms with Crippen LogP contribution in [0.5, 0.6) is 0 Å². The van der Waals surface area contributed by atoms with Crippen molar-refractivity contribution >= 4 is 11.3 Å². The van der Waals surface area contributed by atoms with E-state index in [1.54, 1.807) is 0 Å². The van der Waals surface area contributed by atoms with Gasteiger partial charge in [-0.15, -0.1) is 11.3 Å². The van der Waals surface area contributed by atoms with Crippen molar-refractivity contribution in [1.82, 2.24) is 4.98 Å². The van der Waals surface area contributed by atoms with Gasteiger partial charge < -0.3 is 0 Å². The molecular formula is C5H3F3NOS.